The number of aryl methyl sites for hydroxylation is 1. The van der Waals surface area contributed by atoms with E-state index < -0.39 is 6.04 Å². The molecule has 0 aromatic heterocycles. The number of methoxy groups -OCH3 is 1. The van der Waals surface area contributed by atoms with E-state index in [2.05, 4.69) is 22.8 Å². The molecule has 0 aliphatic rings. The van der Waals surface area contributed by atoms with Crippen LogP contribution in [0.3, 0.4) is 0 Å². The highest BCUT2D eigenvalue weighted by Gasteiger charge is 2.20. The van der Waals surface area contributed by atoms with Crippen LogP contribution in [0, 0.1) is 0 Å². The number of benzene rings is 3. The zero-order valence-corrected chi connectivity index (χ0v) is 19.5. The van der Waals surface area contributed by atoms with Gasteiger partial charge in [-0.15, -0.1) is 0 Å². The molecule has 0 aliphatic carbocycles. The van der Waals surface area contributed by atoms with Gasteiger partial charge in [0.25, 0.3) is 5.91 Å². The normalized spacial score (nSPS) is 11.6. The molecule has 0 fully saturated rings. The van der Waals surface area contributed by atoms with E-state index in [-0.39, 0.29) is 17.6 Å². The molecule has 6 nitrogen and oxygen atoms in total. The van der Waals surface area contributed by atoms with Gasteiger partial charge in [-0.05, 0) is 60.6 Å². The molecule has 1 atom stereocenters. The Bertz CT molecular complexity index is 1050. The maximum Gasteiger partial charge on any atom is 0.323 e. The number of carbonyl (C=O) groups is 2. The number of phenols is 1. The van der Waals surface area contributed by atoms with Gasteiger partial charge in [-0.25, -0.2) is 0 Å². The summed E-state index contributed by atoms with van der Waals surface area (Å²) in [5.41, 5.74) is 3.59. The van der Waals surface area contributed by atoms with E-state index in [1.807, 2.05) is 36.4 Å². The largest absolute Gasteiger partial charge is 0.508 e. The van der Waals surface area contributed by atoms with Crippen molar-refractivity contribution in [3.63, 3.8) is 0 Å². The number of amides is 1. The van der Waals surface area contributed by atoms with Crippen molar-refractivity contribution in [1.82, 2.24) is 10.6 Å². The molecule has 0 aliphatic heterocycles. The van der Waals surface area contributed by atoms with E-state index in [1.165, 1.54) is 12.7 Å². The first-order chi connectivity index (χ1) is 16.6. The van der Waals surface area contributed by atoms with Crippen LogP contribution in [-0.4, -0.2) is 36.7 Å². The third-order valence-electron chi connectivity index (χ3n) is 5.68. The van der Waals surface area contributed by atoms with Gasteiger partial charge in [0.1, 0.15) is 11.8 Å². The molecule has 3 aromatic carbocycles. The lowest BCUT2D eigenvalue weighted by molar-refractivity contribution is -0.143. The Balaban J connectivity index is 1.53. The number of ether oxygens (including phenoxy) is 1. The summed E-state index contributed by atoms with van der Waals surface area (Å²) >= 11 is 0. The number of hydrogen-bond donors (Lipinski definition) is 3. The summed E-state index contributed by atoms with van der Waals surface area (Å²) in [6.45, 7) is 0.953. The Morgan fingerprint density at radius 2 is 1.59 bits per heavy atom. The first kappa shape index (κ1) is 25.0. The Kier molecular flexibility index (Phi) is 9.67. The van der Waals surface area contributed by atoms with Crippen LogP contribution < -0.4 is 10.6 Å². The van der Waals surface area contributed by atoms with Gasteiger partial charge in [-0.2, -0.15) is 0 Å². The summed E-state index contributed by atoms with van der Waals surface area (Å²) in [7, 11) is 1.35. The predicted molar refractivity (Wildman–Crippen MR) is 133 cm³/mol. The van der Waals surface area contributed by atoms with Crippen LogP contribution in [0.25, 0.3) is 0 Å². The minimum atomic E-state index is -0.580. The molecule has 1 amide bonds. The highest BCUT2D eigenvalue weighted by molar-refractivity contribution is 5.95. The van der Waals surface area contributed by atoms with Crippen molar-refractivity contribution in [3.8, 4) is 5.75 Å². The molecule has 0 saturated carbocycles. The summed E-state index contributed by atoms with van der Waals surface area (Å²) in [5.74, 6) is -0.329. The number of rotatable bonds is 12. The average molecular weight is 461 g/mol. The quantitative estimate of drug-likeness (QED) is 0.281. The van der Waals surface area contributed by atoms with Crippen LogP contribution in [0.15, 0.2) is 78.9 Å². The molecule has 178 valence electrons. The first-order valence-corrected chi connectivity index (χ1v) is 11.6. The highest BCUT2D eigenvalue weighted by Crippen LogP contribution is 2.14. The minimum Gasteiger partial charge on any atom is -0.508 e. The van der Waals surface area contributed by atoms with Crippen LogP contribution in [0.4, 0.5) is 0 Å². The maximum absolute atomic E-state index is 12.8. The smallest absolute Gasteiger partial charge is 0.323 e. The van der Waals surface area contributed by atoms with E-state index in [0.717, 1.165) is 30.4 Å². The van der Waals surface area contributed by atoms with Crippen LogP contribution in [0.5, 0.6) is 5.75 Å². The van der Waals surface area contributed by atoms with Crippen LogP contribution in [-0.2, 0) is 28.9 Å². The third kappa shape index (κ3) is 7.74. The van der Waals surface area contributed by atoms with Crippen LogP contribution in [0.2, 0.25) is 0 Å². The van der Waals surface area contributed by atoms with Crippen molar-refractivity contribution < 1.29 is 19.4 Å². The van der Waals surface area contributed by atoms with Gasteiger partial charge in [-0.1, -0.05) is 60.7 Å². The van der Waals surface area contributed by atoms with E-state index >= 15 is 0 Å². The average Bonchev–Trinajstić information content (AvgIpc) is 2.87. The predicted octanol–water partition coefficient (Wildman–Crippen LogP) is 4.02. The van der Waals surface area contributed by atoms with Gasteiger partial charge in [-0.3, -0.25) is 14.9 Å². The van der Waals surface area contributed by atoms with Crippen LogP contribution in [0.1, 0.15) is 39.9 Å². The molecule has 0 heterocycles. The lowest BCUT2D eigenvalue weighted by Crippen LogP contribution is -2.39. The van der Waals surface area contributed by atoms with Gasteiger partial charge in [0.05, 0.1) is 7.11 Å². The summed E-state index contributed by atoms with van der Waals surface area (Å²) < 4.78 is 4.95. The Morgan fingerprint density at radius 1 is 0.882 bits per heavy atom. The van der Waals surface area contributed by atoms with E-state index in [9.17, 15) is 14.7 Å². The molecule has 6 heteroatoms. The second kappa shape index (κ2) is 13.2. The summed E-state index contributed by atoms with van der Waals surface area (Å²) in [5, 5.41) is 15.7. The van der Waals surface area contributed by atoms with Crippen molar-refractivity contribution in [2.24, 2.45) is 0 Å². The first-order valence-electron chi connectivity index (χ1n) is 11.6. The lowest BCUT2D eigenvalue weighted by Gasteiger charge is -2.18. The number of phenolic OH excluding ortho intramolecular Hbond substituents is 1. The monoisotopic (exact) mass is 460 g/mol. The van der Waals surface area contributed by atoms with E-state index in [1.54, 1.807) is 30.3 Å². The molecule has 0 radical (unpaired) electrons. The van der Waals surface area contributed by atoms with Crippen molar-refractivity contribution in [1.29, 1.82) is 0 Å². The highest BCUT2D eigenvalue weighted by atomic mass is 16.5. The number of esters is 1. The fourth-order valence-electron chi connectivity index (χ4n) is 3.77. The topological polar surface area (TPSA) is 87.7 Å². The summed E-state index contributed by atoms with van der Waals surface area (Å²) in [6, 6.07) is 23.8. The molecule has 34 heavy (non-hydrogen) atoms. The molecule has 3 rings (SSSR count). The standard InChI is InChI=1S/C28H32N2O4/c1-34-28(33)26(19-22-14-16-24(31)17-15-22)30-20-23-12-5-6-13-25(23)27(32)29-18-8-7-11-21-9-3-2-4-10-21/h2-6,9-10,12-17,26,30-31H,7-8,11,18-20H2,1H3,(H,29,32). The second-order valence-corrected chi connectivity index (χ2v) is 8.18. The lowest BCUT2D eigenvalue weighted by atomic mass is 10.0. The fourth-order valence-corrected chi connectivity index (χ4v) is 3.77. The molecule has 0 bridgehead atoms. The SMILES string of the molecule is COC(=O)C(Cc1ccc(O)cc1)NCc1ccccc1C(=O)NCCCCc1ccccc1. The Labute approximate surface area is 201 Å². The van der Waals surface area contributed by atoms with Crippen molar-refractivity contribution >= 4 is 11.9 Å². The number of unbranched alkanes of at least 4 members (excludes halogenated alkanes) is 1. The van der Waals surface area contributed by atoms with Gasteiger partial charge < -0.3 is 15.2 Å². The Morgan fingerprint density at radius 3 is 2.32 bits per heavy atom. The van der Waals surface area contributed by atoms with Gasteiger partial charge in [0.15, 0.2) is 0 Å². The molecule has 1 unspecified atom stereocenters. The molecule has 3 N–H and O–H groups in total. The van der Waals surface area contributed by atoms with Crippen molar-refractivity contribution in [2.75, 3.05) is 13.7 Å². The van der Waals surface area contributed by atoms with E-state index in [4.69, 9.17) is 4.74 Å². The second-order valence-electron chi connectivity index (χ2n) is 8.18. The molecular weight excluding hydrogens is 428 g/mol. The van der Waals surface area contributed by atoms with E-state index in [0.29, 0.717) is 25.1 Å². The minimum absolute atomic E-state index is 0.120. The third-order valence-corrected chi connectivity index (χ3v) is 5.68. The van der Waals surface area contributed by atoms with Crippen molar-refractivity contribution in [2.45, 2.75) is 38.3 Å². The molecular formula is C28H32N2O4. The number of hydrogen-bond acceptors (Lipinski definition) is 5. The molecule has 0 saturated heterocycles. The Hall–Kier alpha value is -3.64. The maximum atomic E-state index is 12.8. The molecule has 0 spiro atoms. The zero-order valence-electron chi connectivity index (χ0n) is 19.5. The van der Waals surface area contributed by atoms with Gasteiger partial charge >= 0.3 is 5.97 Å². The zero-order chi connectivity index (χ0) is 24.2. The summed E-state index contributed by atoms with van der Waals surface area (Å²) in [6.07, 6.45) is 3.31. The number of nitrogens with one attached hydrogen (secondary N) is 2. The number of carbonyl (C=O) groups excluding carboxylic acids is 2. The van der Waals surface area contributed by atoms with Crippen molar-refractivity contribution in [3.05, 3.63) is 101 Å². The molecule has 3 aromatic rings. The van der Waals surface area contributed by atoms with Gasteiger partial charge in [0, 0.05) is 18.7 Å². The number of aromatic hydroxyl groups is 1. The summed E-state index contributed by atoms with van der Waals surface area (Å²) in [4.78, 5) is 25.1. The van der Waals surface area contributed by atoms with Crippen LogP contribution >= 0.6 is 0 Å². The van der Waals surface area contributed by atoms with Gasteiger partial charge in [0.2, 0.25) is 0 Å². The fraction of sp³-hybridized carbons (Fsp3) is 0.286.